The molecule has 2 aromatic carbocycles. The van der Waals surface area contributed by atoms with Gasteiger partial charge in [-0.05, 0) is 12.1 Å². The minimum absolute atomic E-state index is 0.166. The van der Waals surface area contributed by atoms with E-state index in [1.54, 1.807) is 24.3 Å². The highest BCUT2D eigenvalue weighted by atomic mass is 16.2. The zero-order valence-corrected chi connectivity index (χ0v) is 10.1. The van der Waals surface area contributed by atoms with Gasteiger partial charge in [-0.2, -0.15) is 0 Å². The van der Waals surface area contributed by atoms with Crippen LogP contribution >= 0.6 is 0 Å². The Morgan fingerprint density at radius 2 is 1.32 bits per heavy atom. The van der Waals surface area contributed by atoms with Crippen molar-refractivity contribution in [1.82, 2.24) is 0 Å². The molecule has 2 aromatic rings. The number of hydrogen-bond donors (Lipinski definition) is 0. The average molecular weight is 249 g/mol. The van der Waals surface area contributed by atoms with E-state index >= 15 is 0 Å². The lowest BCUT2D eigenvalue weighted by Gasteiger charge is -1.98. The maximum atomic E-state index is 12.1. The average Bonchev–Trinajstić information content (AvgIpc) is 2.71. The summed E-state index contributed by atoms with van der Waals surface area (Å²) in [5.41, 5.74) is 1.73. The summed E-state index contributed by atoms with van der Waals surface area (Å²) in [5.74, 6) is -1.11. The first kappa shape index (κ1) is 11.5. The van der Waals surface area contributed by atoms with Crippen molar-refractivity contribution < 1.29 is 9.59 Å². The van der Waals surface area contributed by atoms with Gasteiger partial charge in [-0.25, -0.2) is 0 Å². The van der Waals surface area contributed by atoms with Gasteiger partial charge in [0, 0.05) is 17.3 Å². The maximum absolute atomic E-state index is 12.1. The molecule has 0 aliphatic heterocycles. The Morgan fingerprint density at radius 3 is 1.89 bits per heavy atom. The Hall–Kier alpha value is -2.55. The smallest absolute Gasteiger partial charge is 0.179 e. The van der Waals surface area contributed by atoms with Gasteiger partial charge < -0.3 is 0 Å². The fourth-order valence-corrected chi connectivity index (χ4v) is 2.18. The summed E-state index contributed by atoms with van der Waals surface area (Å²) in [5, 5.41) is 0. The van der Waals surface area contributed by atoms with Crippen LogP contribution in [0.4, 0.5) is 5.69 Å². The molecule has 19 heavy (non-hydrogen) atoms. The number of rotatable bonds is 2. The highest BCUT2D eigenvalue weighted by Gasteiger charge is 2.36. The first-order valence-corrected chi connectivity index (χ1v) is 6.04. The molecule has 0 atom stereocenters. The summed E-state index contributed by atoms with van der Waals surface area (Å²) in [7, 11) is 0. The van der Waals surface area contributed by atoms with E-state index in [1.807, 2.05) is 30.3 Å². The molecule has 0 bridgehead atoms. The molecule has 1 aliphatic carbocycles. The third-order valence-corrected chi connectivity index (χ3v) is 3.15. The highest BCUT2D eigenvalue weighted by Crippen LogP contribution is 2.26. The quantitative estimate of drug-likeness (QED) is 0.606. The molecule has 0 amide bonds. The summed E-state index contributed by atoms with van der Waals surface area (Å²) < 4.78 is 0. The molecule has 0 radical (unpaired) electrons. The van der Waals surface area contributed by atoms with E-state index in [-0.39, 0.29) is 11.6 Å². The maximum Gasteiger partial charge on any atom is 0.179 e. The fraction of sp³-hybridized carbons (Fsp3) is 0.0625. The largest absolute Gasteiger partial charge is 0.293 e. The van der Waals surface area contributed by atoms with Crippen molar-refractivity contribution in [1.29, 1.82) is 0 Å². The molecule has 0 unspecified atom stereocenters. The van der Waals surface area contributed by atoms with E-state index < -0.39 is 5.92 Å². The van der Waals surface area contributed by atoms with Crippen molar-refractivity contribution in [3.63, 3.8) is 0 Å². The number of para-hydroxylation sites is 1. The SMILES string of the molecule is O=C1c2ccccc2C(=O)C1C=Nc1ccccc1. The zero-order valence-electron chi connectivity index (χ0n) is 10.1. The van der Waals surface area contributed by atoms with Gasteiger partial charge in [-0.15, -0.1) is 0 Å². The fourth-order valence-electron chi connectivity index (χ4n) is 2.18. The van der Waals surface area contributed by atoms with E-state index in [9.17, 15) is 9.59 Å². The highest BCUT2D eigenvalue weighted by molar-refractivity contribution is 6.33. The molecule has 92 valence electrons. The molecule has 1 aliphatic rings. The number of benzene rings is 2. The predicted molar refractivity (Wildman–Crippen MR) is 73.2 cm³/mol. The van der Waals surface area contributed by atoms with Crippen LogP contribution in [0.2, 0.25) is 0 Å². The molecule has 0 aromatic heterocycles. The van der Waals surface area contributed by atoms with Crippen LogP contribution in [0.25, 0.3) is 0 Å². The summed E-state index contributed by atoms with van der Waals surface area (Å²) in [6, 6.07) is 16.2. The minimum atomic E-state index is -0.780. The van der Waals surface area contributed by atoms with Crippen LogP contribution in [-0.2, 0) is 0 Å². The molecule has 0 saturated heterocycles. The summed E-state index contributed by atoms with van der Waals surface area (Å²) in [6.45, 7) is 0. The van der Waals surface area contributed by atoms with Gasteiger partial charge in [0.2, 0.25) is 0 Å². The van der Waals surface area contributed by atoms with Gasteiger partial charge in [0.25, 0.3) is 0 Å². The molecule has 3 nitrogen and oxygen atoms in total. The molecule has 3 heteroatoms. The van der Waals surface area contributed by atoms with E-state index in [2.05, 4.69) is 4.99 Å². The predicted octanol–water partition coefficient (Wildman–Crippen LogP) is 3.08. The number of Topliss-reactive ketones (excluding diaryl/α,β-unsaturated/α-hetero) is 2. The van der Waals surface area contributed by atoms with Crippen molar-refractivity contribution in [2.75, 3.05) is 0 Å². The summed E-state index contributed by atoms with van der Waals surface area (Å²) in [4.78, 5) is 28.4. The van der Waals surface area contributed by atoms with Crippen LogP contribution in [0.1, 0.15) is 20.7 Å². The minimum Gasteiger partial charge on any atom is -0.293 e. The lowest BCUT2D eigenvalue weighted by molar-refractivity contribution is 0.0886. The normalized spacial score (nSPS) is 15.2. The van der Waals surface area contributed by atoms with Crippen molar-refractivity contribution in [3.8, 4) is 0 Å². The van der Waals surface area contributed by atoms with Gasteiger partial charge in [0.15, 0.2) is 11.6 Å². The first-order chi connectivity index (χ1) is 9.27. The van der Waals surface area contributed by atoms with Crippen LogP contribution in [0.3, 0.4) is 0 Å². The monoisotopic (exact) mass is 249 g/mol. The van der Waals surface area contributed by atoms with Gasteiger partial charge in [-0.1, -0.05) is 42.5 Å². The summed E-state index contributed by atoms with van der Waals surface area (Å²) in [6.07, 6.45) is 1.44. The van der Waals surface area contributed by atoms with Crippen LogP contribution in [0.15, 0.2) is 59.6 Å². The second-order valence-corrected chi connectivity index (χ2v) is 4.37. The van der Waals surface area contributed by atoms with E-state index in [4.69, 9.17) is 0 Å². The Morgan fingerprint density at radius 1 is 0.789 bits per heavy atom. The van der Waals surface area contributed by atoms with E-state index in [0.717, 1.165) is 5.69 Å². The zero-order chi connectivity index (χ0) is 13.2. The van der Waals surface area contributed by atoms with Gasteiger partial charge >= 0.3 is 0 Å². The number of aliphatic imine (C=N–C) groups is 1. The molecule has 0 N–H and O–H groups in total. The third kappa shape index (κ3) is 1.99. The lowest BCUT2D eigenvalue weighted by atomic mass is 10.1. The third-order valence-electron chi connectivity index (χ3n) is 3.15. The Balaban J connectivity index is 1.91. The molecule has 0 spiro atoms. The first-order valence-electron chi connectivity index (χ1n) is 6.04. The number of carbonyl (C=O) groups is 2. The molecule has 0 heterocycles. The van der Waals surface area contributed by atoms with Crippen molar-refractivity contribution in [2.45, 2.75) is 0 Å². The Labute approximate surface area is 110 Å². The number of fused-ring (bicyclic) bond motifs is 1. The van der Waals surface area contributed by atoms with Crippen molar-refractivity contribution >= 4 is 23.5 Å². The number of nitrogens with zero attached hydrogens (tertiary/aromatic N) is 1. The van der Waals surface area contributed by atoms with Crippen molar-refractivity contribution in [3.05, 3.63) is 65.7 Å². The van der Waals surface area contributed by atoms with Gasteiger partial charge in [0.05, 0.1) is 5.69 Å². The van der Waals surface area contributed by atoms with Crippen LogP contribution < -0.4 is 0 Å². The second kappa shape index (κ2) is 4.61. The molecule has 3 rings (SSSR count). The molecular formula is C16H11NO2. The molecule has 0 fully saturated rings. The number of hydrogen-bond acceptors (Lipinski definition) is 3. The second-order valence-electron chi connectivity index (χ2n) is 4.37. The standard InChI is InChI=1S/C16H11NO2/c18-15-12-8-4-5-9-13(12)16(19)14(15)10-17-11-6-2-1-3-7-11/h1-10,14H. The lowest BCUT2D eigenvalue weighted by Crippen LogP contribution is -2.16. The van der Waals surface area contributed by atoms with Gasteiger partial charge in [-0.3, -0.25) is 14.6 Å². The van der Waals surface area contributed by atoms with Crippen LogP contribution in [-0.4, -0.2) is 17.8 Å². The van der Waals surface area contributed by atoms with E-state index in [1.165, 1.54) is 6.21 Å². The molecular weight excluding hydrogens is 238 g/mol. The number of carbonyl (C=O) groups excluding carboxylic acids is 2. The molecule has 0 saturated carbocycles. The Kier molecular flexibility index (Phi) is 2.80. The van der Waals surface area contributed by atoms with Gasteiger partial charge in [0.1, 0.15) is 5.92 Å². The van der Waals surface area contributed by atoms with E-state index in [0.29, 0.717) is 11.1 Å². The number of ketones is 2. The topological polar surface area (TPSA) is 46.5 Å². The summed E-state index contributed by atoms with van der Waals surface area (Å²) >= 11 is 0. The van der Waals surface area contributed by atoms with Crippen LogP contribution in [0.5, 0.6) is 0 Å². The van der Waals surface area contributed by atoms with Crippen LogP contribution in [0, 0.1) is 5.92 Å². The van der Waals surface area contributed by atoms with Crippen molar-refractivity contribution in [2.24, 2.45) is 10.9 Å². The Bertz CT molecular complexity index is 639.